The Kier molecular flexibility index (Phi) is 5.75. The lowest BCUT2D eigenvalue weighted by atomic mass is 10.2. The second kappa shape index (κ2) is 8.40. The Bertz CT molecular complexity index is 832. The van der Waals surface area contributed by atoms with Gasteiger partial charge in [-0.25, -0.2) is 4.79 Å². The quantitative estimate of drug-likeness (QED) is 0.591. The normalized spacial score (nSPS) is 10.4. The second-order valence-corrected chi connectivity index (χ2v) is 6.56. The average Bonchev–Trinajstić information content (AvgIpc) is 2.66. The zero-order valence-corrected chi connectivity index (χ0v) is 14.4. The number of carboxylic acid groups (broad SMARTS) is 1. The van der Waals surface area contributed by atoms with Crippen LogP contribution >= 0.6 is 11.8 Å². The zero-order valence-electron chi connectivity index (χ0n) is 13.6. The van der Waals surface area contributed by atoms with Crippen molar-refractivity contribution in [2.24, 2.45) is 0 Å². The van der Waals surface area contributed by atoms with Gasteiger partial charge in [-0.05, 0) is 29.3 Å². The fraction of sp³-hybridized carbons (Fsp3) is 0.0952. The first-order valence-corrected chi connectivity index (χ1v) is 8.92. The van der Waals surface area contributed by atoms with Crippen LogP contribution in [0.1, 0.15) is 21.5 Å². The summed E-state index contributed by atoms with van der Waals surface area (Å²) in [6, 6.07) is 25.1. The molecule has 0 saturated carbocycles. The van der Waals surface area contributed by atoms with Gasteiger partial charge in [-0.2, -0.15) is 0 Å². The van der Waals surface area contributed by atoms with Gasteiger partial charge in [-0.1, -0.05) is 60.7 Å². The Balaban J connectivity index is 1.73. The van der Waals surface area contributed by atoms with Gasteiger partial charge in [0.25, 0.3) is 0 Å². The van der Waals surface area contributed by atoms with E-state index in [1.165, 1.54) is 5.56 Å². The van der Waals surface area contributed by atoms with E-state index in [0.29, 0.717) is 12.4 Å². The van der Waals surface area contributed by atoms with E-state index in [2.05, 4.69) is 12.1 Å². The molecule has 0 fully saturated rings. The monoisotopic (exact) mass is 350 g/mol. The topological polar surface area (TPSA) is 46.5 Å². The van der Waals surface area contributed by atoms with E-state index in [-0.39, 0.29) is 5.56 Å². The van der Waals surface area contributed by atoms with Crippen molar-refractivity contribution in [3.8, 4) is 5.75 Å². The number of aromatic carboxylic acids is 1. The Morgan fingerprint density at radius 2 is 1.52 bits per heavy atom. The summed E-state index contributed by atoms with van der Waals surface area (Å²) in [6.07, 6.45) is 0. The van der Waals surface area contributed by atoms with Gasteiger partial charge in [0.15, 0.2) is 0 Å². The van der Waals surface area contributed by atoms with Gasteiger partial charge in [0.1, 0.15) is 17.9 Å². The minimum atomic E-state index is -0.984. The van der Waals surface area contributed by atoms with E-state index in [9.17, 15) is 9.90 Å². The Morgan fingerprint density at radius 1 is 0.880 bits per heavy atom. The van der Waals surface area contributed by atoms with Crippen LogP contribution in [0.2, 0.25) is 0 Å². The predicted octanol–water partition coefficient (Wildman–Crippen LogP) is 5.26. The third-order valence-corrected chi connectivity index (χ3v) is 4.73. The minimum absolute atomic E-state index is 0.181. The maximum Gasteiger partial charge on any atom is 0.339 e. The highest BCUT2D eigenvalue weighted by Crippen LogP contribution is 2.29. The second-order valence-electron chi connectivity index (χ2n) is 5.51. The molecule has 0 aliphatic rings. The molecule has 1 N–H and O–H groups in total. The number of hydrogen-bond donors (Lipinski definition) is 1. The molecular weight excluding hydrogens is 332 g/mol. The molecule has 0 bridgehead atoms. The van der Waals surface area contributed by atoms with Crippen molar-refractivity contribution in [3.05, 3.63) is 95.6 Å². The van der Waals surface area contributed by atoms with Gasteiger partial charge in [-0.15, -0.1) is 11.8 Å². The summed E-state index contributed by atoms with van der Waals surface area (Å²) in [5, 5.41) is 9.37. The van der Waals surface area contributed by atoms with E-state index < -0.39 is 5.97 Å². The van der Waals surface area contributed by atoms with E-state index in [1.54, 1.807) is 23.9 Å². The number of rotatable bonds is 7. The molecule has 0 saturated heterocycles. The third-order valence-electron chi connectivity index (χ3n) is 3.67. The summed E-state index contributed by atoms with van der Waals surface area (Å²) in [4.78, 5) is 12.4. The highest BCUT2D eigenvalue weighted by atomic mass is 32.2. The van der Waals surface area contributed by atoms with Crippen molar-refractivity contribution in [1.29, 1.82) is 0 Å². The summed E-state index contributed by atoms with van der Waals surface area (Å²) in [6.45, 7) is 0.341. The van der Waals surface area contributed by atoms with Crippen molar-refractivity contribution in [2.45, 2.75) is 17.3 Å². The first-order chi connectivity index (χ1) is 12.2. The summed E-state index contributed by atoms with van der Waals surface area (Å²) in [5.74, 6) is 0.239. The van der Waals surface area contributed by atoms with Crippen molar-refractivity contribution in [1.82, 2.24) is 0 Å². The van der Waals surface area contributed by atoms with Crippen LogP contribution in [0.5, 0.6) is 5.75 Å². The molecule has 3 nitrogen and oxygen atoms in total. The molecule has 0 spiro atoms. The predicted molar refractivity (Wildman–Crippen MR) is 100 cm³/mol. The molecular formula is C21H18O3S. The lowest BCUT2D eigenvalue weighted by molar-refractivity contribution is 0.0691. The number of hydrogen-bond acceptors (Lipinski definition) is 3. The summed E-state index contributed by atoms with van der Waals surface area (Å²) >= 11 is 1.66. The molecule has 0 aromatic heterocycles. The Labute approximate surface area is 151 Å². The van der Waals surface area contributed by atoms with Crippen LogP contribution in [0.3, 0.4) is 0 Å². The van der Waals surface area contributed by atoms with Crippen LogP contribution < -0.4 is 4.74 Å². The maximum absolute atomic E-state index is 11.4. The first kappa shape index (κ1) is 17.1. The fourth-order valence-corrected chi connectivity index (χ4v) is 3.25. The summed E-state index contributed by atoms with van der Waals surface area (Å²) in [7, 11) is 0. The molecule has 3 aromatic carbocycles. The van der Waals surface area contributed by atoms with Crippen LogP contribution in [0.15, 0.2) is 83.8 Å². The molecule has 0 aliphatic heterocycles. The van der Waals surface area contributed by atoms with Gasteiger partial charge in [-0.3, -0.25) is 0 Å². The van der Waals surface area contributed by atoms with Crippen LogP contribution in [-0.2, 0) is 12.4 Å². The number of benzene rings is 3. The van der Waals surface area contributed by atoms with E-state index in [1.807, 2.05) is 54.6 Å². The Morgan fingerprint density at radius 3 is 2.16 bits per heavy atom. The van der Waals surface area contributed by atoms with Crippen LogP contribution in [0, 0.1) is 0 Å². The van der Waals surface area contributed by atoms with Gasteiger partial charge in [0.05, 0.1) is 0 Å². The molecule has 0 amide bonds. The highest BCUT2D eigenvalue weighted by Gasteiger charge is 2.12. The molecule has 0 aliphatic carbocycles. The van der Waals surface area contributed by atoms with Crippen molar-refractivity contribution in [2.75, 3.05) is 0 Å². The highest BCUT2D eigenvalue weighted by molar-refractivity contribution is 7.98. The van der Waals surface area contributed by atoms with Gasteiger partial charge < -0.3 is 9.84 Å². The molecule has 25 heavy (non-hydrogen) atoms. The standard InChI is InChI=1S/C21H18O3S/c22-21(23)19-12-11-18(25-15-17-9-5-2-6-10-17)13-20(19)24-14-16-7-3-1-4-8-16/h1-13H,14-15H2,(H,22,23). The number of ether oxygens (including phenoxy) is 1. The smallest absolute Gasteiger partial charge is 0.339 e. The van der Waals surface area contributed by atoms with Gasteiger partial charge in [0, 0.05) is 10.6 Å². The number of carbonyl (C=O) groups is 1. The average molecular weight is 350 g/mol. The fourth-order valence-electron chi connectivity index (χ4n) is 2.36. The molecule has 3 rings (SSSR count). The van der Waals surface area contributed by atoms with E-state index >= 15 is 0 Å². The number of carboxylic acids is 1. The lowest BCUT2D eigenvalue weighted by Gasteiger charge is -2.11. The van der Waals surface area contributed by atoms with Crippen LogP contribution in [0.4, 0.5) is 0 Å². The molecule has 126 valence electrons. The third kappa shape index (κ3) is 4.88. The molecule has 4 heteroatoms. The Hall–Kier alpha value is -2.72. The van der Waals surface area contributed by atoms with E-state index in [0.717, 1.165) is 16.2 Å². The molecule has 3 aromatic rings. The SMILES string of the molecule is O=C(O)c1ccc(SCc2ccccc2)cc1OCc1ccccc1. The van der Waals surface area contributed by atoms with Crippen molar-refractivity contribution < 1.29 is 14.6 Å². The lowest BCUT2D eigenvalue weighted by Crippen LogP contribution is -2.03. The van der Waals surface area contributed by atoms with Crippen LogP contribution in [0.25, 0.3) is 0 Å². The number of thioether (sulfide) groups is 1. The summed E-state index contributed by atoms with van der Waals surface area (Å²) < 4.78 is 5.78. The van der Waals surface area contributed by atoms with Crippen molar-refractivity contribution >= 4 is 17.7 Å². The molecule has 0 heterocycles. The summed E-state index contributed by atoms with van der Waals surface area (Å²) in [5.41, 5.74) is 2.41. The van der Waals surface area contributed by atoms with Gasteiger partial charge >= 0.3 is 5.97 Å². The molecule has 0 radical (unpaired) electrons. The van der Waals surface area contributed by atoms with Crippen LogP contribution in [-0.4, -0.2) is 11.1 Å². The first-order valence-electron chi connectivity index (χ1n) is 7.93. The maximum atomic E-state index is 11.4. The van der Waals surface area contributed by atoms with E-state index in [4.69, 9.17) is 4.74 Å². The minimum Gasteiger partial charge on any atom is -0.488 e. The zero-order chi connectivity index (χ0) is 17.5. The van der Waals surface area contributed by atoms with Gasteiger partial charge in [0.2, 0.25) is 0 Å². The van der Waals surface area contributed by atoms with Crippen molar-refractivity contribution in [3.63, 3.8) is 0 Å². The largest absolute Gasteiger partial charge is 0.488 e. The molecule has 0 unspecified atom stereocenters. The molecule has 0 atom stereocenters.